The Morgan fingerprint density at radius 1 is 1.24 bits per heavy atom. The van der Waals surface area contributed by atoms with E-state index in [0.29, 0.717) is 39.6 Å². The van der Waals surface area contributed by atoms with Crippen molar-refractivity contribution in [3.8, 4) is 0 Å². The summed E-state index contributed by atoms with van der Waals surface area (Å²) in [6.45, 7) is 2.63. The lowest BCUT2D eigenvalue weighted by Gasteiger charge is -2.16. The molecule has 0 radical (unpaired) electrons. The summed E-state index contributed by atoms with van der Waals surface area (Å²) >= 11 is 0. The number of nitrogens with zero attached hydrogens (tertiary/aromatic N) is 3. The standard InChI is InChI=1S/C9H20N4O4/c1-11-9(7-15-4-3-12-13-10)8-16-5-6-17-14-2/h9,11H,3-8H2,1-2H3. The van der Waals surface area contributed by atoms with Crippen LogP contribution in [0.15, 0.2) is 5.11 Å². The highest BCUT2D eigenvalue weighted by molar-refractivity contribution is 4.62. The summed E-state index contributed by atoms with van der Waals surface area (Å²) in [6.07, 6.45) is 0. The van der Waals surface area contributed by atoms with Crippen molar-refractivity contribution in [3.05, 3.63) is 10.4 Å². The number of hydrogen-bond acceptors (Lipinski definition) is 6. The van der Waals surface area contributed by atoms with Crippen LogP contribution in [0.3, 0.4) is 0 Å². The van der Waals surface area contributed by atoms with Gasteiger partial charge in [-0.2, -0.15) is 0 Å². The fraction of sp³-hybridized carbons (Fsp3) is 1.00. The van der Waals surface area contributed by atoms with Crippen LogP contribution < -0.4 is 5.32 Å². The number of rotatable bonds is 12. The zero-order chi connectivity index (χ0) is 12.8. The average Bonchev–Trinajstić information content (AvgIpc) is 2.36. The average molecular weight is 248 g/mol. The van der Waals surface area contributed by atoms with Gasteiger partial charge >= 0.3 is 0 Å². The van der Waals surface area contributed by atoms with E-state index in [-0.39, 0.29) is 6.04 Å². The van der Waals surface area contributed by atoms with Gasteiger partial charge in [0.05, 0.1) is 39.6 Å². The molecule has 17 heavy (non-hydrogen) atoms. The molecule has 0 saturated carbocycles. The van der Waals surface area contributed by atoms with Crippen molar-refractivity contribution in [2.75, 3.05) is 53.7 Å². The molecule has 0 aliphatic carbocycles. The van der Waals surface area contributed by atoms with Gasteiger partial charge in [-0.15, -0.1) is 0 Å². The zero-order valence-corrected chi connectivity index (χ0v) is 10.3. The summed E-state index contributed by atoms with van der Waals surface area (Å²) in [5, 5.41) is 6.42. The minimum atomic E-state index is 0.101. The summed E-state index contributed by atoms with van der Waals surface area (Å²) in [5.41, 5.74) is 8.06. The van der Waals surface area contributed by atoms with Gasteiger partial charge in [0.25, 0.3) is 0 Å². The third kappa shape index (κ3) is 11.4. The first kappa shape index (κ1) is 16.1. The Labute approximate surface area is 101 Å². The van der Waals surface area contributed by atoms with Gasteiger partial charge < -0.3 is 14.8 Å². The van der Waals surface area contributed by atoms with Crippen LogP contribution in [0.4, 0.5) is 0 Å². The predicted molar refractivity (Wildman–Crippen MR) is 61.5 cm³/mol. The Hall–Kier alpha value is -0.890. The Bertz CT molecular complexity index is 211. The second-order valence-corrected chi connectivity index (χ2v) is 3.08. The maximum absolute atomic E-state index is 8.06. The zero-order valence-electron chi connectivity index (χ0n) is 10.3. The molecule has 0 fully saturated rings. The van der Waals surface area contributed by atoms with Gasteiger partial charge in [0.15, 0.2) is 0 Å². The Balaban J connectivity index is 3.38. The molecule has 0 rings (SSSR count). The van der Waals surface area contributed by atoms with E-state index in [1.54, 1.807) is 0 Å². The Kier molecular flexibility index (Phi) is 12.5. The SMILES string of the molecule is CNC(COCCN=[N+]=[N-])COCCOOC. The van der Waals surface area contributed by atoms with E-state index in [1.165, 1.54) is 7.11 Å². The monoisotopic (exact) mass is 248 g/mol. The minimum Gasteiger partial charge on any atom is -0.380 e. The predicted octanol–water partition coefficient (Wildman–Crippen LogP) is 0.496. The lowest BCUT2D eigenvalue weighted by atomic mass is 10.3. The highest BCUT2D eigenvalue weighted by atomic mass is 17.2. The summed E-state index contributed by atoms with van der Waals surface area (Å²) in [6, 6.07) is 0.101. The second kappa shape index (κ2) is 13.2. The molecule has 8 heteroatoms. The number of nitrogens with one attached hydrogen (secondary N) is 1. The van der Waals surface area contributed by atoms with E-state index in [1.807, 2.05) is 7.05 Å². The van der Waals surface area contributed by atoms with E-state index < -0.39 is 0 Å². The highest BCUT2D eigenvalue weighted by Crippen LogP contribution is 1.89. The van der Waals surface area contributed by atoms with Crippen LogP contribution in [0.2, 0.25) is 0 Å². The van der Waals surface area contributed by atoms with E-state index in [4.69, 9.17) is 15.0 Å². The molecule has 0 bridgehead atoms. The van der Waals surface area contributed by atoms with E-state index >= 15 is 0 Å². The number of hydrogen-bond donors (Lipinski definition) is 1. The Morgan fingerprint density at radius 3 is 2.53 bits per heavy atom. The van der Waals surface area contributed by atoms with Crippen LogP contribution in [-0.2, 0) is 19.2 Å². The highest BCUT2D eigenvalue weighted by Gasteiger charge is 2.05. The third-order valence-corrected chi connectivity index (χ3v) is 1.87. The van der Waals surface area contributed by atoms with Gasteiger partial charge in [0, 0.05) is 11.5 Å². The Morgan fingerprint density at radius 2 is 1.94 bits per heavy atom. The molecule has 0 saturated heterocycles. The first-order valence-corrected chi connectivity index (χ1v) is 5.34. The van der Waals surface area contributed by atoms with Gasteiger partial charge in [-0.1, -0.05) is 5.11 Å². The van der Waals surface area contributed by atoms with Crippen molar-refractivity contribution in [2.45, 2.75) is 6.04 Å². The van der Waals surface area contributed by atoms with Crippen LogP contribution in [-0.4, -0.2) is 59.8 Å². The fourth-order valence-corrected chi connectivity index (χ4v) is 0.992. The number of azide groups is 1. The molecular weight excluding hydrogens is 228 g/mol. The van der Waals surface area contributed by atoms with E-state index in [9.17, 15) is 0 Å². The normalized spacial score (nSPS) is 12.1. The van der Waals surface area contributed by atoms with E-state index in [0.717, 1.165) is 0 Å². The van der Waals surface area contributed by atoms with Crippen molar-refractivity contribution in [1.82, 2.24) is 5.32 Å². The van der Waals surface area contributed by atoms with Gasteiger partial charge in [0.2, 0.25) is 0 Å². The van der Waals surface area contributed by atoms with Crippen LogP contribution in [0.25, 0.3) is 10.4 Å². The molecule has 8 nitrogen and oxygen atoms in total. The van der Waals surface area contributed by atoms with Crippen molar-refractivity contribution >= 4 is 0 Å². The smallest absolute Gasteiger partial charge is 0.106 e. The van der Waals surface area contributed by atoms with Crippen LogP contribution in [0, 0.1) is 0 Å². The molecule has 1 N–H and O–H groups in total. The summed E-state index contributed by atoms with van der Waals surface area (Å²) < 4.78 is 10.6. The molecule has 0 spiro atoms. The van der Waals surface area contributed by atoms with Gasteiger partial charge in [-0.05, 0) is 12.6 Å². The van der Waals surface area contributed by atoms with E-state index in [2.05, 4.69) is 25.1 Å². The molecule has 0 aromatic rings. The largest absolute Gasteiger partial charge is 0.380 e. The fourth-order valence-electron chi connectivity index (χ4n) is 0.992. The summed E-state index contributed by atoms with van der Waals surface area (Å²) in [7, 11) is 3.28. The minimum absolute atomic E-state index is 0.101. The van der Waals surface area contributed by atoms with Crippen LogP contribution >= 0.6 is 0 Å². The number of ether oxygens (including phenoxy) is 2. The molecule has 0 aliphatic rings. The van der Waals surface area contributed by atoms with Crippen LogP contribution in [0.1, 0.15) is 0 Å². The molecule has 0 amide bonds. The van der Waals surface area contributed by atoms with Gasteiger partial charge in [0.1, 0.15) is 6.61 Å². The lowest BCUT2D eigenvalue weighted by molar-refractivity contribution is -0.277. The lowest BCUT2D eigenvalue weighted by Crippen LogP contribution is -2.35. The third-order valence-electron chi connectivity index (χ3n) is 1.87. The molecule has 1 atom stereocenters. The molecule has 0 aliphatic heterocycles. The topological polar surface area (TPSA) is 97.7 Å². The second-order valence-electron chi connectivity index (χ2n) is 3.08. The molecule has 1 unspecified atom stereocenters. The van der Waals surface area contributed by atoms with Crippen molar-refractivity contribution in [3.63, 3.8) is 0 Å². The maximum atomic E-state index is 8.06. The van der Waals surface area contributed by atoms with Crippen molar-refractivity contribution < 1.29 is 19.2 Å². The summed E-state index contributed by atoms with van der Waals surface area (Å²) in [5.74, 6) is 0. The van der Waals surface area contributed by atoms with Crippen molar-refractivity contribution in [1.29, 1.82) is 0 Å². The molecule has 100 valence electrons. The molecule has 0 heterocycles. The maximum Gasteiger partial charge on any atom is 0.106 e. The molecule has 0 aromatic carbocycles. The number of likely N-dealkylation sites (N-methyl/N-ethyl adjacent to an activating group) is 1. The molecule has 0 aromatic heterocycles. The van der Waals surface area contributed by atoms with Crippen LogP contribution in [0.5, 0.6) is 0 Å². The quantitative estimate of drug-likeness (QED) is 0.135. The van der Waals surface area contributed by atoms with Gasteiger partial charge in [-0.25, -0.2) is 9.78 Å². The first-order valence-electron chi connectivity index (χ1n) is 5.34. The van der Waals surface area contributed by atoms with Gasteiger partial charge in [-0.3, -0.25) is 0 Å². The molecular formula is C9H20N4O4. The first-order chi connectivity index (χ1) is 8.35. The van der Waals surface area contributed by atoms with Crippen molar-refractivity contribution in [2.24, 2.45) is 5.11 Å². The summed E-state index contributed by atoms with van der Waals surface area (Å²) in [4.78, 5) is 11.7.